The van der Waals surface area contributed by atoms with Gasteiger partial charge in [-0.15, -0.1) is 0 Å². The zero-order chi connectivity index (χ0) is 19.5. The molecule has 0 aromatic heterocycles. The second-order valence-corrected chi connectivity index (χ2v) is 7.60. The van der Waals surface area contributed by atoms with Crippen molar-refractivity contribution in [2.75, 3.05) is 10.7 Å². The fraction of sp³-hybridized carbons (Fsp3) is 0. The second-order valence-electron chi connectivity index (χ2n) is 4.81. The molecule has 0 fully saturated rings. The molecule has 5 N–H and O–H groups in total. The van der Waals surface area contributed by atoms with Gasteiger partial charge in [0, 0.05) is 11.8 Å². The monoisotopic (exact) mass is 435 g/mol. The van der Waals surface area contributed by atoms with Crippen LogP contribution in [-0.2, 0) is 10.0 Å². The van der Waals surface area contributed by atoms with Gasteiger partial charge in [-0.1, -0.05) is 23.2 Å². The van der Waals surface area contributed by atoms with E-state index in [-0.39, 0.29) is 15.7 Å². The van der Waals surface area contributed by atoms with Gasteiger partial charge in [0.1, 0.15) is 5.69 Å². The van der Waals surface area contributed by atoms with Gasteiger partial charge in [0.2, 0.25) is 10.0 Å². The fourth-order valence-corrected chi connectivity index (χ4v) is 2.81. The van der Waals surface area contributed by atoms with E-state index >= 15 is 0 Å². The standard InChI is InChI=1S/C13H11Cl2N5O4S2/c14-9-3-1-7(5-10(9)15)17-13(25)19-18-11-4-2-8(26(16,23)24)6-12(11)20(21)22/h1-6,18H,(H2,16,23,24)(H2,17,19,25). The summed E-state index contributed by atoms with van der Waals surface area (Å²) in [6.07, 6.45) is 0. The first-order valence-corrected chi connectivity index (χ1v) is 9.38. The highest BCUT2D eigenvalue weighted by atomic mass is 35.5. The van der Waals surface area contributed by atoms with Crippen molar-refractivity contribution in [3.63, 3.8) is 0 Å². The van der Waals surface area contributed by atoms with Crippen molar-refractivity contribution >= 4 is 67.6 Å². The molecule has 0 saturated heterocycles. The van der Waals surface area contributed by atoms with E-state index in [1.54, 1.807) is 18.2 Å². The summed E-state index contributed by atoms with van der Waals surface area (Å²) in [5.41, 5.74) is 5.10. The second kappa shape index (κ2) is 8.01. The Balaban J connectivity index is 2.11. The lowest BCUT2D eigenvalue weighted by molar-refractivity contribution is -0.384. The van der Waals surface area contributed by atoms with Gasteiger partial charge in [0.15, 0.2) is 5.11 Å². The van der Waals surface area contributed by atoms with Crippen molar-refractivity contribution in [3.05, 3.63) is 56.6 Å². The van der Waals surface area contributed by atoms with Crippen LogP contribution in [0.15, 0.2) is 41.3 Å². The molecule has 2 rings (SSSR count). The van der Waals surface area contributed by atoms with Crippen LogP contribution in [0.4, 0.5) is 17.1 Å². The molecule has 0 unspecified atom stereocenters. The number of anilines is 2. The van der Waals surface area contributed by atoms with E-state index in [2.05, 4.69) is 16.2 Å². The summed E-state index contributed by atoms with van der Waals surface area (Å²) in [7, 11) is -4.07. The lowest BCUT2D eigenvalue weighted by Gasteiger charge is -2.13. The minimum atomic E-state index is -4.07. The zero-order valence-electron chi connectivity index (χ0n) is 12.7. The fourth-order valence-electron chi connectivity index (χ4n) is 1.81. The first-order chi connectivity index (χ1) is 12.1. The highest BCUT2D eigenvalue weighted by Gasteiger charge is 2.19. The average Bonchev–Trinajstić information content (AvgIpc) is 2.55. The van der Waals surface area contributed by atoms with Crippen LogP contribution in [0, 0.1) is 10.1 Å². The Bertz CT molecular complexity index is 984. The SMILES string of the molecule is NS(=O)(=O)c1ccc(NNC(=S)Nc2ccc(Cl)c(Cl)c2)c([N+](=O)[O-])c1. The van der Waals surface area contributed by atoms with Crippen molar-refractivity contribution in [2.45, 2.75) is 4.90 Å². The summed E-state index contributed by atoms with van der Waals surface area (Å²) in [5.74, 6) is 0. The molecule has 0 amide bonds. The lowest BCUT2D eigenvalue weighted by atomic mass is 10.3. The number of hydrazine groups is 1. The largest absolute Gasteiger partial charge is 0.331 e. The number of nitrogens with one attached hydrogen (secondary N) is 3. The van der Waals surface area contributed by atoms with Crippen LogP contribution in [0.3, 0.4) is 0 Å². The maximum absolute atomic E-state index is 11.3. The van der Waals surface area contributed by atoms with E-state index in [4.69, 9.17) is 40.6 Å². The Hall–Kier alpha value is -2.18. The molecule has 0 aliphatic rings. The molecule has 0 saturated carbocycles. The Morgan fingerprint density at radius 1 is 1.15 bits per heavy atom. The number of rotatable bonds is 5. The van der Waals surface area contributed by atoms with Crippen LogP contribution < -0.4 is 21.3 Å². The normalized spacial score (nSPS) is 10.9. The van der Waals surface area contributed by atoms with Gasteiger partial charge in [0.05, 0.1) is 19.9 Å². The minimum Gasteiger partial charge on any atom is -0.331 e. The maximum atomic E-state index is 11.3. The maximum Gasteiger partial charge on any atom is 0.295 e. The minimum absolute atomic E-state index is 0.0133. The first-order valence-electron chi connectivity index (χ1n) is 6.67. The Kier molecular flexibility index (Phi) is 6.21. The van der Waals surface area contributed by atoms with E-state index in [0.717, 1.165) is 12.1 Å². The van der Waals surface area contributed by atoms with Crippen LogP contribution >= 0.6 is 35.4 Å². The molecule has 0 radical (unpaired) electrons. The summed E-state index contributed by atoms with van der Waals surface area (Å²) >= 11 is 16.8. The van der Waals surface area contributed by atoms with Gasteiger partial charge in [-0.25, -0.2) is 13.6 Å². The van der Waals surface area contributed by atoms with E-state index in [1.165, 1.54) is 6.07 Å². The van der Waals surface area contributed by atoms with E-state index in [0.29, 0.717) is 15.7 Å². The van der Waals surface area contributed by atoms with Crippen LogP contribution in [0.1, 0.15) is 0 Å². The van der Waals surface area contributed by atoms with E-state index in [9.17, 15) is 18.5 Å². The van der Waals surface area contributed by atoms with Crippen molar-refractivity contribution < 1.29 is 13.3 Å². The Morgan fingerprint density at radius 3 is 2.42 bits per heavy atom. The van der Waals surface area contributed by atoms with Crippen molar-refractivity contribution in [3.8, 4) is 0 Å². The highest BCUT2D eigenvalue weighted by molar-refractivity contribution is 7.89. The van der Waals surface area contributed by atoms with Gasteiger partial charge < -0.3 is 5.32 Å². The molecule has 2 aromatic rings. The lowest BCUT2D eigenvalue weighted by Crippen LogP contribution is -2.33. The summed E-state index contributed by atoms with van der Waals surface area (Å²) in [4.78, 5) is 9.99. The number of nitrogens with zero attached hydrogens (tertiary/aromatic N) is 1. The first kappa shape index (κ1) is 20.1. The smallest absolute Gasteiger partial charge is 0.295 e. The summed E-state index contributed by atoms with van der Waals surface area (Å²) in [6, 6.07) is 7.90. The van der Waals surface area contributed by atoms with Crippen LogP contribution in [0.5, 0.6) is 0 Å². The summed E-state index contributed by atoms with van der Waals surface area (Å²) in [5, 5.41) is 19.7. The molecule has 0 heterocycles. The molecule has 0 aliphatic heterocycles. The number of nitro groups is 1. The topological polar surface area (TPSA) is 139 Å². The number of primary sulfonamides is 1. The quantitative estimate of drug-likeness (QED) is 0.319. The molecule has 13 heteroatoms. The predicted molar refractivity (Wildman–Crippen MR) is 104 cm³/mol. The van der Waals surface area contributed by atoms with E-state index in [1.807, 2.05) is 0 Å². The molecule has 138 valence electrons. The van der Waals surface area contributed by atoms with E-state index < -0.39 is 20.6 Å². The third-order valence-electron chi connectivity index (χ3n) is 2.98. The Morgan fingerprint density at radius 2 is 1.85 bits per heavy atom. The predicted octanol–water partition coefficient (Wildman–Crippen LogP) is 2.86. The number of hydrogen-bond donors (Lipinski definition) is 4. The van der Waals surface area contributed by atoms with Gasteiger partial charge in [-0.2, -0.15) is 0 Å². The number of halogens is 2. The van der Waals surface area contributed by atoms with Gasteiger partial charge in [-0.05, 0) is 42.5 Å². The Labute approximate surface area is 163 Å². The third kappa shape index (κ3) is 5.16. The molecule has 2 aromatic carbocycles. The summed E-state index contributed by atoms with van der Waals surface area (Å²) < 4.78 is 22.6. The number of sulfonamides is 1. The number of nitrogens with two attached hydrogens (primary N) is 1. The molecule has 26 heavy (non-hydrogen) atoms. The third-order valence-corrected chi connectivity index (χ3v) is 4.84. The van der Waals surface area contributed by atoms with Crippen molar-refractivity contribution in [2.24, 2.45) is 5.14 Å². The molecule has 0 bridgehead atoms. The molecule has 0 spiro atoms. The number of thiocarbonyl (C=S) groups is 1. The van der Waals surface area contributed by atoms with Gasteiger partial charge in [-0.3, -0.25) is 21.0 Å². The number of nitro benzene ring substituents is 1. The average molecular weight is 436 g/mol. The highest BCUT2D eigenvalue weighted by Crippen LogP contribution is 2.27. The molecular weight excluding hydrogens is 425 g/mol. The molecular formula is C13H11Cl2N5O4S2. The number of hydrogen-bond acceptors (Lipinski definition) is 6. The van der Waals surface area contributed by atoms with Crippen LogP contribution in [0.25, 0.3) is 0 Å². The molecule has 9 nitrogen and oxygen atoms in total. The van der Waals surface area contributed by atoms with Crippen LogP contribution in [-0.4, -0.2) is 18.5 Å². The van der Waals surface area contributed by atoms with Crippen molar-refractivity contribution in [1.29, 1.82) is 0 Å². The molecule has 0 aliphatic carbocycles. The van der Waals surface area contributed by atoms with Crippen molar-refractivity contribution in [1.82, 2.24) is 5.43 Å². The van der Waals surface area contributed by atoms with Gasteiger partial charge in [0.25, 0.3) is 5.69 Å². The number of benzene rings is 2. The summed E-state index contributed by atoms with van der Waals surface area (Å²) in [6.45, 7) is 0. The molecule has 0 atom stereocenters. The van der Waals surface area contributed by atoms with Gasteiger partial charge >= 0.3 is 0 Å². The van der Waals surface area contributed by atoms with Crippen LogP contribution in [0.2, 0.25) is 10.0 Å². The zero-order valence-corrected chi connectivity index (χ0v) is 15.8.